The molecule has 2 unspecified atom stereocenters. The Labute approximate surface area is 180 Å². The summed E-state index contributed by atoms with van der Waals surface area (Å²) in [6.07, 6.45) is 4.64. The lowest BCUT2D eigenvalue weighted by atomic mass is 9.81. The molecule has 0 spiro atoms. The van der Waals surface area contributed by atoms with E-state index in [2.05, 4.69) is 16.3 Å². The van der Waals surface area contributed by atoms with Crippen molar-refractivity contribution in [3.8, 4) is 0 Å². The number of nitrogens with one attached hydrogen (secondary N) is 1. The van der Waals surface area contributed by atoms with Crippen molar-refractivity contribution < 1.29 is 24.3 Å². The first-order valence-corrected chi connectivity index (χ1v) is 11.2. The molecule has 2 atom stereocenters. The summed E-state index contributed by atoms with van der Waals surface area (Å²) in [6, 6.07) is 5.04. The number of carbonyl (C=O) groups excluding carboxylic acids is 3. The smallest absolute Gasteiger partial charge is 0.306 e. The van der Waals surface area contributed by atoms with E-state index in [9.17, 15) is 24.3 Å². The number of hydrogen-bond acceptors (Lipinski definition) is 5. The van der Waals surface area contributed by atoms with Crippen molar-refractivity contribution in [2.45, 2.75) is 57.0 Å². The average Bonchev–Trinajstić information content (AvgIpc) is 3.04. The number of nitrogens with zero attached hydrogens (tertiary/aromatic N) is 2. The van der Waals surface area contributed by atoms with Gasteiger partial charge in [0.2, 0.25) is 11.8 Å². The molecule has 3 aliphatic heterocycles. The number of benzene rings is 1. The number of imide groups is 1. The molecule has 1 aromatic carbocycles. The van der Waals surface area contributed by atoms with Crippen LogP contribution in [0.25, 0.3) is 0 Å². The van der Waals surface area contributed by atoms with Gasteiger partial charge in [-0.3, -0.25) is 24.5 Å². The molecule has 0 aromatic heterocycles. The fourth-order valence-electron chi connectivity index (χ4n) is 5.87. The number of carboxylic acids is 1. The van der Waals surface area contributed by atoms with Gasteiger partial charge in [-0.05, 0) is 56.6 Å². The van der Waals surface area contributed by atoms with Crippen LogP contribution in [0.1, 0.15) is 66.9 Å². The van der Waals surface area contributed by atoms with Crippen molar-refractivity contribution in [2.75, 3.05) is 18.0 Å². The maximum Gasteiger partial charge on any atom is 0.306 e. The van der Waals surface area contributed by atoms with Crippen LogP contribution in [-0.4, -0.2) is 52.8 Å². The molecule has 0 bridgehead atoms. The van der Waals surface area contributed by atoms with E-state index in [4.69, 9.17) is 0 Å². The van der Waals surface area contributed by atoms with Gasteiger partial charge in [-0.2, -0.15) is 0 Å². The largest absolute Gasteiger partial charge is 0.481 e. The monoisotopic (exact) mass is 425 g/mol. The van der Waals surface area contributed by atoms with Gasteiger partial charge in [0, 0.05) is 36.3 Å². The van der Waals surface area contributed by atoms with Crippen LogP contribution in [0.5, 0.6) is 0 Å². The first kappa shape index (κ1) is 20.0. The van der Waals surface area contributed by atoms with Gasteiger partial charge in [0.1, 0.15) is 6.04 Å². The molecule has 2 fully saturated rings. The number of aliphatic carboxylic acids is 1. The Kier molecular flexibility index (Phi) is 4.95. The Morgan fingerprint density at radius 1 is 1.03 bits per heavy atom. The molecule has 4 aliphatic rings. The van der Waals surface area contributed by atoms with Crippen LogP contribution in [-0.2, 0) is 14.4 Å². The summed E-state index contributed by atoms with van der Waals surface area (Å²) in [5, 5.41) is 11.6. The second kappa shape index (κ2) is 7.66. The molecule has 164 valence electrons. The second-order valence-electron chi connectivity index (χ2n) is 9.22. The van der Waals surface area contributed by atoms with Crippen LogP contribution < -0.4 is 10.2 Å². The van der Waals surface area contributed by atoms with Gasteiger partial charge < -0.3 is 14.9 Å². The summed E-state index contributed by atoms with van der Waals surface area (Å²) in [5.74, 6) is -1.24. The molecule has 1 aromatic rings. The summed E-state index contributed by atoms with van der Waals surface area (Å²) in [4.78, 5) is 52.6. The maximum atomic E-state index is 13.3. The molecule has 5 rings (SSSR count). The molecule has 3 amide bonds. The predicted octanol–water partition coefficient (Wildman–Crippen LogP) is 2.09. The minimum Gasteiger partial charge on any atom is -0.481 e. The lowest BCUT2D eigenvalue weighted by Crippen LogP contribution is -2.54. The molecule has 2 N–H and O–H groups in total. The van der Waals surface area contributed by atoms with E-state index in [0.29, 0.717) is 17.9 Å². The fourth-order valence-corrected chi connectivity index (χ4v) is 5.87. The zero-order chi connectivity index (χ0) is 21.7. The molecule has 8 nitrogen and oxygen atoms in total. The lowest BCUT2D eigenvalue weighted by molar-refractivity contribution is -0.143. The van der Waals surface area contributed by atoms with E-state index in [-0.39, 0.29) is 36.1 Å². The first-order valence-electron chi connectivity index (χ1n) is 11.2. The van der Waals surface area contributed by atoms with Crippen LogP contribution in [0.2, 0.25) is 0 Å². The fraction of sp³-hybridized carbons (Fsp3) is 0.565. The molecular formula is C23H27N3O5. The average molecular weight is 425 g/mol. The molecule has 1 saturated carbocycles. The molecule has 8 heteroatoms. The molecule has 3 heterocycles. The van der Waals surface area contributed by atoms with Crippen molar-refractivity contribution >= 4 is 29.4 Å². The van der Waals surface area contributed by atoms with Crippen molar-refractivity contribution in [3.63, 3.8) is 0 Å². The van der Waals surface area contributed by atoms with Gasteiger partial charge in [0.05, 0.1) is 12.0 Å². The van der Waals surface area contributed by atoms with E-state index >= 15 is 0 Å². The highest BCUT2D eigenvalue weighted by molar-refractivity contribution is 6.06. The third-order valence-electron chi connectivity index (χ3n) is 7.45. The summed E-state index contributed by atoms with van der Waals surface area (Å²) in [7, 11) is 0. The molecular weight excluding hydrogens is 398 g/mol. The zero-order valence-corrected chi connectivity index (χ0v) is 17.4. The van der Waals surface area contributed by atoms with Crippen LogP contribution in [0.4, 0.5) is 5.69 Å². The Balaban J connectivity index is 1.36. The SMILES string of the molecule is O=C1CCC(N2C(=O)c3cccc4c3C2CCN4CC2CCC(C(=O)O)CC2)C(=O)N1. The Hall–Kier alpha value is -2.90. The van der Waals surface area contributed by atoms with Crippen LogP contribution in [0.3, 0.4) is 0 Å². The topological polar surface area (TPSA) is 107 Å². The van der Waals surface area contributed by atoms with E-state index in [0.717, 1.165) is 56.4 Å². The molecule has 31 heavy (non-hydrogen) atoms. The molecule has 0 radical (unpaired) electrons. The second-order valence-corrected chi connectivity index (χ2v) is 9.22. The zero-order valence-electron chi connectivity index (χ0n) is 17.4. The third kappa shape index (κ3) is 3.38. The minimum absolute atomic E-state index is 0.125. The van der Waals surface area contributed by atoms with Crippen molar-refractivity contribution in [2.24, 2.45) is 11.8 Å². The van der Waals surface area contributed by atoms with Gasteiger partial charge in [0.25, 0.3) is 5.91 Å². The van der Waals surface area contributed by atoms with Crippen molar-refractivity contribution in [1.29, 1.82) is 0 Å². The lowest BCUT2D eigenvalue weighted by Gasteiger charge is -2.41. The van der Waals surface area contributed by atoms with Crippen molar-refractivity contribution in [3.05, 3.63) is 29.3 Å². The van der Waals surface area contributed by atoms with E-state index in [1.807, 2.05) is 12.1 Å². The summed E-state index contributed by atoms with van der Waals surface area (Å²) >= 11 is 0. The minimum atomic E-state index is -0.688. The van der Waals surface area contributed by atoms with Gasteiger partial charge in [0.15, 0.2) is 0 Å². The highest BCUT2D eigenvalue weighted by atomic mass is 16.4. The highest BCUT2D eigenvalue weighted by Gasteiger charge is 2.47. The van der Waals surface area contributed by atoms with E-state index in [1.165, 1.54) is 0 Å². The highest BCUT2D eigenvalue weighted by Crippen LogP contribution is 2.47. The number of amides is 3. The number of piperidine rings is 1. The number of carbonyl (C=O) groups is 4. The van der Waals surface area contributed by atoms with Crippen LogP contribution in [0.15, 0.2) is 18.2 Å². The van der Waals surface area contributed by atoms with Crippen LogP contribution >= 0.6 is 0 Å². The summed E-state index contributed by atoms with van der Waals surface area (Å²) in [5.41, 5.74) is 2.71. The van der Waals surface area contributed by atoms with E-state index in [1.54, 1.807) is 4.90 Å². The number of carboxylic acid groups (broad SMARTS) is 1. The standard InChI is InChI=1S/C23H27N3O5/c27-19-9-8-18(21(28)24-19)26-17-10-11-25(12-13-4-6-14(7-5-13)23(30)31)16-3-1-2-15(20(16)17)22(26)29/h1-3,13-14,17-18H,4-12H2,(H,30,31)(H,24,27,28). The first-order chi connectivity index (χ1) is 14.9. The number of hydrogen-bond donors (Lipinski definition) is 2. The van der Waals surface area contributed by atoms with Crippen molar-refractivity contribution in [1.82, 2.24) is 10.2 Å². The summed E-state index contributed by atoms with van der Waals surface area (Å²) in [6.45, 7) is 1.65. The predicted molar refractivity (Wildman–Crippen MR) is 111 cm³/mol. The van der Waals surface area contributed by atoms with Gasteiger partial charge in [-0.15, -0.1) is 0 Å². The van der Waals surface area contributed by atoms with Gasteiger partial charge in [-0.1, -0.05) is 6.07 Å². The number of anilines is 1. The maximum absolute atomic E-state index is 13.3. The molecule has 1 saturated heterocycles. The van der Waals surface area contributed by atoms with Gasteiger partial charge in [-0.25, -0.2) is 0 Å². The van der Waals surface area contributed by atoms with E-state index < -0.39 is 12.0 Å². The van der Waals surface area contributed by atoms with Gasteiger partial charge >= 0.3 is 5.97 Å². The third-order valence-corrected chi connectivity index (χ3v) is 7.45. The Bertz CT molecular complexity index is 953. The quantitative estimate of drug-likeness (QED) is 0.716. The molecule has 1 aliphatic carbocycles. The summed E-state index contributed by atoms with van der Waals surface area (Å²) < 4.78 is 0. The van der Waals surface area contributed by atoms with Crippen LogP contribution in [0, 0.1) is 11.8 Å². The normalized spacial score (nSPS) is 30.3. The Morgan fingerprint density at radius 3 is 2.52 bits per heavy atom. The number of rotatable bonds is 4. The Morgan fingerprint density at radius 2 is 1.81 bits per heavy atom.